The van der Waals surface area contributed by atoms with Crippen LogP contribution in [0.2, 0.25) is 0 Å². The van der Waals surface area contributed by atoms with Crippen molar-refractivity contribution in [1.82, 2.24) is 0 Å². The van der Waals surface area contributed by atoms with Gasteiger partial charge in [0.25, 0.3) is 0 Å². The van der Waals surface area contributed by atoms with Crippen LogP contribution in [0.4, 0.5) is 0 Å². The summed E-state index contributed by atoms with van der Waals surface area (Å²) < 4.78 is 15.8. The van der Waals surface area contributed by atoms with E-state index < -0.39 is 0 Å². The van der Waals surface area contributed by atoms with Gasteiger partial charge in [-0.2, -0.15) is 0 Å². The molecule has 110 valence electrons. The number of rotatable bonds is 8. The molecular weight excluding hydrogens is 256 g/mol. The molecule has 0 amide bonds. The van der Waals surface area contributed by atoms with Gasteiger partial charge in [0.05, 0.1) is 19.6 Å². The number of benzene rings is 1. The third-order valence-corrected chi connectivity index (χ3v) is 2.80. The fourth-order valence-electron chi connectivity index (χ4n) is 1.75. The van der Waals surface area contributed by atoms with Crippen LogP contribution in [0, 0.1) is 5.92 Å². The summed E-state index contributed by atoms with van der Waals surface area (Å²) in [6, 6.07) is 5.64. The Hall–Kier alpha value is -1.97. The minimum absolute atomic E-state index is 0.277. The molecule has 0 fully saturated rings. The van der Waals surface area contributed by atoms with E-state index in [0.717, 1.165) is 17.1 Å². The summed E-state index contributed by atoms with van der Waals surface area (Å²) >= 11 is 0. The average molecular weight is 278 g/mol. The van der Waals surface area contributed by atoms with Crippen molar-refractivity contribution >= 4 is 5.97 Å². The van der Waals surface area contributed by atoms with Gasteiger partial charge in [0, 0.05) is 5.56 Å². The zero-order valence-corrected chi connectivity index (χ0v) is 12.3. The minimum Gasteiger partial charge on any atom is -0.494 e. The topological polar surface area (TPSA) is 44.8 Å². The van der Waals surface area contributed by atoms with Gasteiger partial charge in [-0.3, -0.25) is 4.79 Å². The average Bonchev–Trinajstić information content (AvgIpc) is 2.46. The summed E-state index contributed by atoms with van der Waals surface area (Å²) in [5.74, 6) is 0.964. The molecule has 1 aromatic rings. The normalized spacial score (nSPS) is 11.6. The maximum Gasteiger partial charge on any atom is 0.311 e. The Morgan fingerprint density at radius 2 is 2.15 bits per heavy atom. The van der Waals surface area contributed by atoms with Crippen molar-refractivity contribution in [3.63, 3.8) is 0 Å². The van der Waals surface area contributed by atoms with Crippen LogP contribution in [0.15, 0.2) is 30.9 Å². The lowest BCUT2D eigenvalue weighted by molar-refractivity contribution is -0.145. The van der Waals surface area contributed by atoms with Crippen LogP contribution >= 0.6 is 0 Å². The molecule has 4 nitrogen and oxygen atoms in total. The third-order valence-electron chi connectivity index (χ3n) is 2.80. The maximum absolute atomic E-state index is 11.3. The van der Waals surface area contributed by atoms with Crippen molar-refractivity contribution in [1.29, 1.82) is 0 Å². The lowest BCUT2D eigenvalue weighted by Crippen LogP contribution is -2.20. The molecule has 0 heterocycles. The van der Waals surface area contributed by atoms with Crippen LogP contribution in [0.3, 0.4) is 0 Å². The summed E-state index contributed by atoms with van der Waals surface area (Å²) in [6.45, 7) is 8.35. The first-order valence-corrected chi connectivity index (χ1v) is 6.69. The second kappa shape index (κ2) is 8.25. The Labute approximate surface area is 120 Å². The van der Waals surface area contributed by atoms with Crippen molar-refractivity contribution in [3.05, 3.63) is 36.4 Å². The Morgan fingerprint density at radius 3 is 2.75 bits per heavy atom. The van der Waals surface area contributed by atoms with Crippen LogP contribution in [0.5, 0.6) is 11.5 Å². The molecular formula is C16H22O4. The van der Waals surface area contributed by atoms with E-state index in [1.807, 2.05) is 31.2 Å². The SMILES string of the molecule is C=CCc1cc(OCC)ccc1OCC(C)C(=O)OC. The van der Waals surface area contributed by atoms with Gasteiger partial charge in [0.2, 0.25) is 0 Å². The molecule has 0 N–H and O–H groups in total. The molecule has 0 aliphatic carbocycles. The van der Waals surface area contributed by atoms with Crippen LogP contribution in [0.1, 0.15) is 19.4 Å². The molecule has 0 aliphatic heterocycles. The first-order valence-electron chi connectivity index (χ1n) is 6.69. The number of methoxy groups -OCH3 is 1. The molecule has 0 spiro atoms. The molecule has 0 bridgehead atoms. The largest absolute Gasteiger partial charge is 0.494 e. The maximum atomic E-state index is 11.3. The Morgan fingerprint density at radius 1 is 1.40 bits per heavy atom. The molecule has 1 rings (SSSR count). The second-order valence-corrected chi connectivity index (χ2v) is 4.43. The summed E-state index contributed by atoms with van der Waals surface area (Å²) in [5.41, 5.74) is 0.989. The van der Waals surface area contributed by atoms with Gasteiger partial charge in [-0.1, -0.05) is 6.08 Å². The van der Waals surface area contributed by atoms with Gasteiger partial charge in [0.1, 0.15) is 18.1 Å². The summed E-state index contributed by atoms with van der Waals surface area (Å²) in [5, 5.41) is 0. The summed E-state index contributed by atoms with van der Waals surface area (Å²) in [7, 11) is 1.37. The summed E-state index contributed by atoms with van der Waals surface area (Å²) in [6.07, 6.45) is 2.49. The predicted molar refractivity (Wildman–Crippen MR) is 78.2 cm³/mol. The molecule has 20 heavy (non-hydrogen) atoms. The van der Waals surface area contributed by atoms with Crippen molar-refractivity contribution in [3.8, 4) is 11.5 Å². The van der Waals surface area contributed by atoms with E-state index in [1.54, 1.807) is 6.92 Å². The molecule has 1 unspecified atom stereocenters. The van der Waals surface area contributed by atoms with E-state index in [4.69, 9.17) is 9.47 Å². The predicted octanol–water partition coefficient (Wildman–Crippen LogP) is 3.00. The van der Waals surface area contributed by atoms with E-state index >= 15 is 0 Å². The van der Waals surface area contributed by atoms with Crippen molar-refractivity contribution in [2.45, 2.75) is 20.3 Å². The molecule has 0 aromatic heterocycles. The van der Waals surface area contributed by atoms with E-state index in [1.165, 1.54) is 7.11 Å². The Kier molecular flexibility index (Phi) is 6.64. The van der Waals surface area contributed by atoms with E-state index in [9.17, 15) is 4.79 Å². The quantitative estimate of drug-likeness (QED) is 0.541. The first kappa shape index (κ1) is 16.1. The molecule has 4 heteroatoms. The van der Waals surface area contributed by atoms with Gasteiger partial charge in [-0.05, 0) is 38.5 Å². The van der Waals surface area contributed by atoms with Gasteiger partial charge >= 0.3 is 5.97 Å². The molecule has 0 saturated carbocycles. The summed E-state index contributed by atoms with van der Waals surface area (Å²) in [4.78, 5) is 11.3. The highest BCUT2D eigenvalue weighted by Crippen LogP contribution is 2.25. The highest BCUT2D eigenvalue weighted by Gasteiger charge is 2.15. The number of hydrogen-bond acceptors (Lipinski definition) is 4. The molecule has 1 atom stereocenters. The monoisotopic (exact) mass is 278 g/mol. The number of carbonyl (C=O) groups is 1. The van der Waals surface area contributed by atoms with Crippen LogP contribution in [-0.4, -0.2) is 26.3 Å². The second-order valence-electron chi connectivity index (χ2n) is 4.43. The van der Waals surface area contributed by atoms with Gasteiger partial charge in [-0.25, -0.2) is 0 Å². The standard InChI is InChI=1S/C16H22O4/c1-5-7-13-10-14(19-6-2)8-9-15(13)20-11-12(3)16(17)18-4/h5,8-10,12H,1,6-7,11H2,2-4H3. The number of hydrogen-bond donors (Lipinski definition) is 0. The lowest BCUT2D eigenvalue weighted by atomic mass is 10.1. The van der Waals surface area contributed by atoms with Crippen LogP contribution in [-0.2, 0) is 16.0 Å². The molecule has 0 aliphatic rings. The Balaban J connectivity index is 2.77. The van der Waals surface area contributed by atoms with Crippen molar-refractivity contribution < 1.29 is 19.0 Å². The molecule has 0 saturated heterocycles. The lowest BCUT2D eigenvalue weighted by Gasteiger charge is -2.15. The smallest absolute Gasteiger partial charge is 0.311 e. The Bertz CT molecular complexity index is 454. The number of esters is 1. The fraction of sp³-hybridized carbons (Fsp3) is 0.438. The molecule has 0 radical (unpaired) electrons. The zero-order chi connectivity index (χ0) is 15.0. The number of carbonyl (C=O) groups excluding carboxylic acids is 1. The minimum atomic E-state index is -0.303. The number of allylic oxidation sites excluding steroid dienone is 1. The van der Waals surface area contributed by atoms with E-state index in [-0.39, 0.29) is 18.5 Å². The van der Waals surface area contributed by atoms with Crippen LogP contribution < -0.4 is 9.47 Å². The third kappa shape index (κ3) is 4.61. The fourth-order valence-corrected chi connectivity index (χ4v) is 1.75. The van der Waals surface area contributed by atoms with E-state index in [2.05, 4.69) is 11.3 Å². The van der Waals surface area contributed by atoms with Gasteiger partial charge in [0.15, 0.2) is 0 Å². The highest BCUT2D eigenvalue weighted by molar-refractivity contribution is 5.71. The van der Waals surface area contributed by atoms with Gasteiger partial charge < -0.3 is 14.2 Å². The van der Waals surface area contributed by atoms with Gasteiger partial charge in [-0.15, -0.1) is 6.58 Å². The van der Waals surface area contributed by atoms with Crippen LogP contribution in [0.25, 0.3) is 0 Å². The number of ether oxygens (including phenoxy) is 3. The van der Waals surface area contributed by atoms with Crippen molar-refractivity contribution in [2.24, 2.45) is 5.92 Å². The zero-order valence-electron chi connectivity index (χ0n) is 12.3. The highest BCUT2D eigenvalue weighted by atomic mass is 16.5. The van der Waals surface area contributed by atoms with E-state index in [0.29, 0.717) is 13.0 Å². The molecule has 1 aromatic carbocycles. The van der Waals surface area contributed by atoms with Crippen molar-refractivity contribution in [2.75, 3.05) is 20.3 Å². The first-order chi connectivity index (χ1) is 9.62.